The van der Waals surface area contributed by atoms with Crippen molar-refractivity contribution in [3.63, 3.8) is 0 Å². The first-order valence-electron chi connectivity index (χ1n) is 4.94. The van der Waals surface area contributed by atoms with E-state index in [2.05, 4.69) is 15.4 Å². The fourth-order valence-corrected chi connectivity index (χ4v) is 1.36. The van der Waals surface area contributed by atoms with Crippen molar-refractivity contribution in [3.05, 3.63) is 18.5 Å². The Bertz CT molecular complexity index is 318. The van der Waals surface area contributed by atoms with Gasteiger partial charge < -0.3 is 4.79 Å². The van der Waals surface area contributed by atoms with Crippen LogP contribution < -0.4 is 5.14 Å². The van der Waals surface area contributed by atoms with Gasteiger partial charge in [-0.05, 0) is 17.7 Å². The Morgan fingerprint density at radius 3 is 1.94 bits per heavy atom. The van der Waals surface area contributed by atoms with Crippen LogP contribution in [0.1, 0.15) is 26.2 Å². The highest BCUT2D eigenvalue weighted by molar-refractivity contribution is 7.89. The van der Waals surface area contributed by atoms with E-state index in [1.54, 1.807) is 18.5 Å². The van der Waals surface area contributed by atoms with Gasteiger partial charge in [0.25, 0.3) is 0 Å². The number of nitrogens with two attached hydrogens (primary N) is 1. The molecule has 8 heteroatoms. The molecule has 0 atom stereocenters. The van der Waals surface area contributed by atoms with Crippen molar-refractivity contribution in [1.29, 1.82) is 0 Å². The number of carbonyl (C=O) groups is 1. The topological polar surface area (TPSA) is 116 Å². The zero-order valence-corrected chi connectivity index (χ0v) is 10.6. The van der Waals surface area contributed by atoms with Gasteiger partial charge in [0.15, 0.2) is 0 Å². The molecule has 0 unspecified atom stereocenters. The summed E-state index contributed by atoms with van der Waals surface area (Å²) >= 11 is 0. The Morgan fingerprint density at radius 2 is 1.71 bits per heavy atom. The Balaban J connectivity index is 0. The average molecular weight is 262 g/mol. The number of hydrogen-bond donors (Lipinski definition) is 1. The molecule has 0 spiro atoms. The molecule has 0 aliphatic heterocycles. The number of rotatable bonds is 4. The van der Waals surface area contributed by atoms with E-state index in [1.165, 1.54) is 0 Å². The van der Waals surface area contributed by atoms with Gasteiger partial charge in [0.1, 0.15) is 6.79 Å². The molecule has 0 radical (unpaired) electrons. The smallest absolute Gasteiger partial charge is 0.209 e. The second-order valence-corrected chi connectivity index (χ2v) is 4.62. The van der Waals surface area contributed by atoms with E-state index >= 15 is 0 Å². The van der Waals surface area contributed by atoms with Crippen molar-refractivity contribution < 1.29 is 13.2 Å². The molecule has 1 aromatic heterocycles. The highest BCUT2D eigenvalue weighted by atomic mass is 32.2. The van der Waals surface area contributed by atoms with Crippen molar-refractivity contribution in [2.45, 2.75) is 26.2 Å². The van der Waals surface area contributed by atoms with Crippen LogP contribution in [-0.4, -0.2) is 36.4 Å². The molecule has 1 rings (SSSR count). The molecule has 0 fully saturated rings. The van der Waals surface area contributed by atoms with Crippen LogP contribution in [0.25, 0.3) is 0 Å². The summed E-state index contributed by atoms with van der Waals surface area (Å²) in [6.07, 6.45) is 5.81. The molecule has 1 aromatic rings. The van der Waals surface area contributed by atoms with E-state index in [0.717, 1.165) is 12.8 Å². The third-order valence-electron chi connectivity index (χ3n) is 1.44. The lowest BCUT2D eigenvalue weighted by Gasteiger charge is -1.94. The molecule has 0 bridgehead atoms. The maximum Gasteiger partial charge on any atom is 0.209 e. The Labute approximate surface area is 101 Å². The van der Waals surface area contributed by atoms with Crippen LogP contribution in [0, 0.1) is 0 Å². The summed E-state index contributed by atoms with van der Waals surface area (Å²) in [6.45, 7) is 4.02. The Hall–Kier alpha value is -1.41. The number of sulfonamides is 1. The molecule has 1 heterocycles. The molecule has 0 aromatic carbocycles. The lowest BCUT2D eigenvalue weighted by molar-refractivity contribution is -0.0979. The summed E-state index contributed by atoms with van der Waals surface area (Å²) in [5.41, 5.74) is 0. The van der Waals surface area contributed by atoms with Gasteiger partial charge in [-0.25, -0.2) is 13.6 Å². The first-order valence-corrected chi connectivity index (χ1v) is 6.65. The van der Waals surface area contributed by atoms with Crippen LogP contribution in [0.4, 0.5) is 0 Å². The maximum atomic E-state index is 10.3. The summed E-state index contributed by atoms with van der Waals surface area (Å²) in [4.78, 5) is 8.00. The molecule has 7 nitrogen and oxygen atoms in total. The quantitative estimate of drug-likeness (QED) is 0.772. The van der Waals surface area contributed by atoms with E-state index in [1.807, 2.05) is 13.7 Å². The van der Waals surface area contributed by atoms with Gasteiger partial charge in [0, 0.05) is 0 Å². The van der Waals surface area contributed by atoms with Crippen molar-refractivity contribution in [3.8, 4) is 0 Å². The van der Waals surface area contributed by atoms with Gasteiger partial charge in [-0.15, -0.1) is 10.2 Å². The number of carbonyl (C=O) groups excluding carboxylic acids is 1. The molecule has 0 amide bonds. The van der Waals surface area contributed by atoms with Crippen molar-refractivity contribution in [2.24, 2.45) is 5.14 Å². The summed E-state index contributed by atoms with van der Waals surface area (Å²) in [6, 6.07) is 1.72. The van der Waals surface area contributed by atoms with Crippen molar-refractivity contribution in [2.75, 3.05) is 5.75 Å². The number of aromatic nitrogens is 3. The Morgan fingerprint density at radius 1 is 1.18 bits per heavy atom. The second-order valence-electron chi connectivity index (χ2n) is 2.89. The summed E-state index contributed by atoms with van der Waals surface area (Å²) < 4.78 is 20.6. The van der Waals surface area contributed by atoms with Crippen LogP contribution in [0.2, 0.25) is 0 Å². The van der Waals surface area contributed by atoms with Gasteiger partial charge in [0.05, 0.1) is 18.1 Å². The van der Waals surface area contributed by atoms with Gasteiger partial charge in [-0.3, -0.25) is 0 Å². The van der Waals surface area contributed by atoms with Gasteiger partial charge in [-0.2, -0.15) is 0 Å². The summed E-state index contributed by atoms with van der Waals surface area (Å²) in [5.74, 6) is 0.126. The average Bonchev–Trinajstić information content (AvgIpc) is 2.33. The van der Waals surface area contributed by atoms with Crippen LogP contribution in [-0.2, 0) is 14.8 Å². The molecular formula is C9H18N4O3S. The van der Waals surface area contributed by atoms with Crippen LogP contribution in [0.15, 0.2) is 18.5 Å². The van der Waals surface area contributed by atoms with Crippen LogP contribution in [0.5, 0.6) is 0 Å². The zero-order valence-electron chi connectivity index (χ0n) is 9.82. The molecule has 2 N–H and O–H groups in total. The molecular weight excluding hydrogens is 244 g/mol. The van der Waals surface area contributed by atoms with E-state index < -0.39 is 10.0 Å². The van der Waals surface area contributed by atoms with Crippen LogP contribution >= 0.6 is 0 Å². The predicted molar refractivity (Wildman–Crippen MR) is 64.4 cm³/mol. The first-order chi connectivity index (χ1) is 8.06. The van der Waals surface area contributed by atoms with Crippen molar-refractivity contribution in [1.82, 2.24) is 15.4 Å². The summed E-state index contributed by atoms with van der Waals surface area (Å²) in [5, 5.41) is 14.9. The third-order valence-corrected chi connectivity index (χ3v) is 2.30. The van der Waals surface area contributed by atoms with Gasteiger partial charge in [0.2, 0.25) is 10.0 Å². The standard InChI is InChI=1S/C5H13NO2S.C3H3N3.CH2O/c1-2-3-4-5-9(6,7)8;1-2-4-6-5-3-1;1-2/h2-5H2,1H3,(H2,6,7,8);1-3H;1H2. The normalized spacial score (nSPS) is 9.29. The minimum Gasteiger partial charge on any atom is -0.307 e. The van der Waals surface area contributed by atoms with Gasteiger partial charge >= 0.3 is 0 Å². The molecule has 0 aliphatic rings. The largest absolute Gasteiger partial charge is 0.307 e. The molecule has 0 aliphatic carbocycles. The summed E-state index contributed by atoms with van der Waals surface area (Å²) in [7, 11) is -3.20. The minimum atomic E-state index is -3.20. The van der Waals surface area contributed by atoms with Crippen molar-refractivity contribution >= 4 is 16.8 Å². The third kappa shape index (κ3) is 20.6. The second kappa shape index (κ2) is 12.7. The number of primary sulfonamides is 1. The van der Waals surface area contributed by atoms with E-state index in [0.29, 0.717) is 6.42 Å². The lowest BCUT2D eigenvalue weighted by atomic mass is 10.3. The molecule has 17 heavy (non-hydrogen) atoms. The lowest BCUT2D eigenvalue weighted by Crippen LogP contribution is -2.16. The maximum absolute atomic E-state index is 10.3. The van der Waals surface area contributed by atoms with Gasteiger partial charge in [-0.1, -0.05) is 19.8 Å². The van der Waals surface area contributed by atoms with E-state index in [4.69, 9.17) is 9.93 Å². The SMILES string of the molecule is C=O.CCCCCS(N)(=O)=O.c1cnnnc1. The first kappa shape index (κ1) is 18.0. The number of hydrogen-bond acceptors (Lipinski definition) is 6. The monoisotopic (exact) mass is 262 g/mol. The van der Waals surface area contributed by atoms with Crippen LogP contribution in [0.3, 0.4) is 0 Å². The predicted octanol–water partition coefficient (Wildman–Crippen LogP) is 0.152. The number of unbranched alkanes of at least 4 members (excludes halogenated alkanes) is 2. The zero-order chi connectivity index (χ0) is 13.6. The highest BCUT2D eigenvalue weighted by Crippen LogP contribution is 1.94. The molecule has 0 saturated heterocycles. The molecule has 0 saturated carbocycles. The van der Waals surface area contributed by atoms with E-state index in [9.17, 15) is 8.42 Å². The molecule has 98 valence electrons. The Kier molecular flexibility index (Phi) is 13.4. The fourth-order valence-electron chi connectivity index (χ4n) is 0.758. The van der Waals surface area contributed by atoms with E-state index in [-0.39, 0.29) is 5.75 Å². The highest BCUT2D eigenvalue weighted by Gasteiger charge is 1.99. The number of nitrogens with zero attached hydrogens (tertiary/aromatic N) is 3. The fraction of sp³-hybridized carbons (Fsp3) is 0.556. The minimum absolute atomic E-state index is 0.126.